The molecule has 0 fully saturated rings. The van der Waals surface area contributed by atoms with Gasteiger partial charge >= 0.3 is 6.09 Å². The number of carbonyl (C=O) groups is 2. The Kier molecular flexibility index (Phi) is 12.3. The summed E-state index contributed by atoms with van der Waals surface area (Å²) in [4.78, 5) is 31.7. The van der Waals surface area contributed by atoms with Gasteiger partial charge in [0.05, 0.1) is 17.2 Å². The van der Waals surface area contributed by atoms with Crippen LogP contribution in [0.1, 0.15) is 59.2 Å². The Hall–Kier alpha value is -4.01. The largest absolute Gasteiger partial charge is 0.445 e. The first-order valence-corrected chi connectivity index (χ1v) is 15.7. The molecule has 2 unspecified atom stereocenters. The maximum Gasteiger partial charge on any atom is 0.408 e. The Morgan fingerprint density at radius 2 is 1.44 bits per heavy atom. The van der Waals surface area contributed by atoms with Crippen molar-refractivity contribution in [3.8, 4) is 0 Å². The molecule has 7 nitrogen and oxygen atoms in total. The number of rotatable bonds is 15. The quantitative estimate of drug-likeness (QED) is 0.151. The molecule has 1 aromatic heterocycles. The number of ether oxygens (including phenoxy) is 1. The normalized spacial score (nSPS) is 13.8. The highest BCUT2D eigenvalue weighted by Crippen LogP contribution is 2.31. The maximum absolute atomic E-state index is 13.3. The fourth-order valence-electron chi connectivity index (χ4n) is 4.97. The number of benzene rings is 3. The molecule has 8 heteroatoms. The van der Waals surface area contributed by atoms with Crippen LogP contribution in [-0.2, 0) is 35.4 Å². The van der Waals surface area contributed by atoms with Crippen LogP contribution in [0, 0.1) is 0 Å². The number of thiazole rings is 1. The molecule has 0 aliphatic rings. The minimum atomic E-state index is -0.857. The zero-order chi connectivity index (χ0) is 30.4. The van der Waals surface area contributed by atoms with Gasteiger partial charge in [0.25, 0.3) is 0 Å². The van der Waals surface area contributed by atoms with Crippen molar-refractivity contribution in [3.05, 3.63) is 124 Å². The second-order valence-electron chi connectivity index (χ2n) is 10.8. The predicted octanol–water partition coefficient (Wildman–Crippen LogP) is 6.22. The first-order chi connectivity index (χ1) is 20.9. The van der Waals surface area contributed by atoms with Crippen molar-refractivity contribution in [1.29, 1.82) is 0 Å². The summed E-state index contributed by atoms with van der Waals surface area (Å²) in [6.07, 6.45) is 4.03. The number of nitrogens with zero attached hydrogens (tertiary/aromatic N) is 1. The summed E-state index contributed by atoms with van der Waals surface area (Å²) in [7, 11) is 0. The number of aryl methyl sites for hydroxylation is 1. The Labute approximate surface area is 258 Å². The molecule has 0 spiro atoms. The average molecular weight is 600 g/mol. The summed E-state index contributed by atoms with van der Waals surface area (Å²) < 4.78 is 5.29. The lowest BCUT2D eigenvalue weighted by Gasteiger charge is -2.28. The van der Waals surface area contributed by atoms with Crippen LogP contribution in [-0.4, -0.2) is 40.3 Å². The van der Waals surface area contributed by atoms with E-state index in [2.05, 4.69) is 29.7 Å². The van der Waals surface area contributed by atoms with Gasteiger partial charge in [0.1, 0.15) is 12.6 Å². The van der Waals surface area contributed by atoms with Gasteiger partial charge in [-0.15, -0.1) is 11.3 Å². The van der Waals surface area contributed by atoms with Gasteiger partial charge in [-0.25, -0.2) is 9.78 Å². The SMILES string of the molecule is CCCc1cnc(C(Cc2ccccc2)C[C@H](O)[C@H](Cc2ccccc2)NC(=O)C(C)NC(=O)OCc2ccccc2)s1. The Bertz CT molecular complexity index is 1400. The molecular weight excluding hydrogens is 558 g/mol. The average Bonchev–Trinajstić information content (AvgIpc) is 3.49. The Morgan fingerprint density at radius 3 is 2.05 bits per heavy atom. The molecule has 43 heavy (non-hydrogen) atoms. The van der Waals surface area contributed by atoms with Crippen LogP contribution in [0.4, 0.5) is 4.79 Å². The zero-order valence-corrected chi connectivity index (χ0v) is 25.6. The van der Waals surface area contributed by atoms with Gasteiger partial charge in [-0.05, 0) is 49.3 Å². The van der Waals surface area contributed by atoms with Gasteiger partial charge in [-0.3, -0.25) is 4.79 Å². The number of hydrogen-bond acceptors (Lipinski definition) is 6. The van der Waals surface area contributed by atoms with Crippen molar-refractivity contribution in [2.45, 2.75) is 76.7 Å². The molecule has 0 saturated carbocycles. The molecule has 0 saturated heterocycles. The summed E-state index contributed by atoms with van der Waals surface area (Å²) in [5.74, 6) is -0.414. The first kappa shape index (κ1) is 31.9. The number of nitrogens with one attached hydrogen (secondary N) is 2. The van der Waals surface area contributed by atoms with Crippen LogP contribution in [0.25, 0.3) is 0 Å². The third kappa shape index (κ3) is 10.3. The lowest BCUT2D eigenvalue weighted by atomic mass is 9.89. The molecule has 2 amide bonds. The van der Waals surface area contributed by atoms with E-state index >= 15 is 0 Å². The highest BCUT2D eigenvalue weighted by atomic mass is 32.1. The van der Waals surface area contributed by atoms with Crippen molar-refractivity contribution in [3.63, 3.8) is 0 Å². The van der Waals surface area contributed by atoms with Crippen molar-refractivity contribution in [1.82, 2.24) is 15.6 Å². The molecule has 0 aliphatic carbocycles. The second kappa shape index (κ2) is 16.6. The monoisotopic (exact) mass is 599 g/mol. The summed E-state index contributed by atoms with van der Waals surface area (Å²) in [5, 5.41) is 18.3. The molecule has 0 aliphatic heterocycles. The van der Waals surface area contributed by atoms with Crippen LogP contribution in [0.3, 0.4) is 0 Å². The van der Waals surface area contributed by atoms with Crippen LogP contribution < -0.4 is 10.6 Å². The Morgan fingerprint density at radius 1 is 0.860 bits per heavy atom. The summed E-state index contributed by atoms with van der Waals surface area (Å²) in [5.41, 5.74) is 3.02. The van der Waals surface area contributed by atoms with Gasteiger partial charge in [0, 0.05) is 17.0 Å². The standard InChI is InChI=1S/C35H41N3O4S/c1-3-13-30-23-36-34(43-30)29(20-26-14-7-4-8-15-26)22-32(39)31(21-27-16-9-5-10-17-27)38-33(40)25(2)37-35(41)42-24-28-18-11-6-12-19-28/h4-12,14-19,23,25,29,31-32,39H,3,13,20-22,24H2,1-2H3,(H,37,41)(H,38,40)/t25?,29?,31-,32-/m0/s1. The minimum absolute atomic E-state index is 0.0216. The van der Waals surface area contributed by atoms with Gasteiger partial charge in [0.15, 0.2) is 0 Å². The number of alkyl carbamates (subject to hydrolysis) is 1. The molecule has 0 bridgehead atoms. The molecule has 3 aromatic carbocycles. The van der Waals surface area contributed by atoms with Crippen LogP contribution in [0.5, 0.6) is 0 Å². The van der Waals surface area contributed by atoms with Crippen molar-refractivity contribution < 1.29 is 19.4 Å². The van der Waals surface area contributed by atoms with E-state index in [1.165, 1.54) is 10.4 Å². The van der Waals surface area contributed by atoms with Gasteiger partial charge in [-0.1, -0.05) is 104 Å². The van der Waals surface area contributed by atoms with Crippen molar-refractivity contribution in [2.24, 2.45) is 0 Å². The molecule has 1 heterocycles. The molecule has 226 valence electrons. The highest BCUT2D eigenvalue weighted by Gasteiger charge is 2.29. The van der Waals surface area contributed by atoms with E-state index in [4.69, 9.17) is 9.72 Å². The van der Waals surface area contributed by atoms with E-state index in [9.17, 15) is 14.7 Å². The van der Waals surface area contributed by atoms with E-state index in [0.29, 0.717) is 12.8 Å². The number of aromatic nitrogens is 1. The lowest BCUT2D eigenvalue weighted by Crippen LogP contribution is -2.52. The van der Waals surface area contributed by atoms with Crippen molar-refractivity contribution >= 4 is 23.3 Å². The molecular formula is C35H41N3O4S. The van der Waals surface area contributed by atoms with Crippen molar-refractivity contribution in [2.75, 3.05) is 0 Å². The third-order valence-electron chi connectivity index (χ3n) is 7.30. The van der Waals surface area contributed by atoms with Gasteiger partial charge in [-0.2, -0.15) is 0 Å². The topological polar surface area (TPSA) is 101 Å². The summed E-state index contributed by atoms with van der Waals surface area (Å²) in [6.45, 7) is 3.87. The minimum Gasteiger partial charge on any atom is -0.445 e. The van der Waals surface area contributed by atoms with Crippen LogP contribution in [0.2, 0.25) is 0 Å². The molecule has 4 atom stereocenters. The second-order valence-corrected chi connectivity index (χ2v) is 12.0. The fraction of sp³-hybridized carbons (Fsp3) is 0.343. The third-order valence-corrected chi connectivity index (χ3v) is 8.52. The van der Waals surface area contributed by atoms with E-state index in [1.807, 2.05) is 85.1 Å². The number of hydrogen-bond donors (Lipinski definition) is 3. The van der Waals surface area contributed by atoms with E-state index in [0.717, 1.165) is 35.4 Å². The van der Waals surface area contributed by atoms with E-state index in [-0.39, 0.29) is 12.5 Å². The van der Waals surface area contributed by atoms with E-state index in [1.54, 1.807) is 18.3 Å². The summed E-state index contributed by atoms with van der Waals surface area (Å²) >= 11 is 1.70. The summed E-state index contributed by atoms with van der Waals surface area (Å²) in [6, 6.07) is 27.9. The Balaban J connectivity index is 1.45. The highest BCUT2D eigenvalue weighted by molar-refractivity contribution is 7.11. The number of aliphatic hydroxyl groups is 1. The molecule has 4 aromatic rings. The lowest BCUT2D eigenvalue weighted by molar-refractivity contribution is -0.124. The molecule has 0 radical (unpaired) electrons. The number of aliphatic hydroxyl groups excluding tert-OH is 1. The van der Waals surface area contributed by atoms with Crippen LogP contribution in [0.15, 0.2) is 97.2 Å². The fourth-order valence-corrected chi connectivity index (χ4v) is 6.10. The van der Waals surface area contributed by atoms with Gasteiger partial charge < -0.3 is 20.5 Å². The molecule has 3 N–H and O–H groups in total. The smallest absolute Gasteiger partial charge is 0.408 e. The predicted molar refractivity (Wildman–Crippen MR) is 171 cm³/mol. The van der Waals surface area contributed by atoms with Crippen LogP contribution >= 0.6 is 11.3 Å². The zero-order valence-electron chi connectivity index (χ0n) is 24.8. The van der Waals surface area contributed by atoms with E-state index < -0.39 is 30.2 Å². The first-order valence-electron chi connectivity index (χ1n) is 14.9. The number of amides is 2. The van der Waals surface area contributed by atoms with Gasteiger partial charge in [0.2, 0.25) is 5.91 Å². The maximum atomic E-state index is 13.3. The number of carbonyl (C=O) groups excluding carboxylic acids is 2. The molecule has 4 rings (SSSR count).